The van der Waals surface area contributed by atoms with Gasteiger partial charge in [-0.1, -0.05) is 45.0 Å². The van der Waals surface area contributed by atoms with E-state index in [1.54, 1.807) is 31.4 Å². The van der Waals surface area contributed by atoms with Crippen LogP contribution in [0.1, 0.15) is 38.0 Å². The number of amides is 2. The van der Waals surface area contributed by atoms with Crippen molar-refractivity contribution in [2.45, 2.75) is 32.3 Å². The lowest BCUT2D eigenvalue weighted by Gasteiger charge is -2.19. The van der Waals surface area contributed by atoms with Gasteiger partial charge in [0.25, 0.3) is 0 Å². The number of rotatable bonds is 5. The number of nitrogens with one attached hydrogen (secondary N) is 2. The summed E-state index contributed by atoms with van der Waals surface area (Å²) in [6.45, 7) is 6.55. The summed E-state index contributed by atoms with van der Waals surface area (Å²) in [5, 5.41) is 15.6. The molecule has 5 nitrogen and oxygen atoms in total. The first-order chi connectivity index (χ1) is 11.8. The van der Waals surface area contributed by atoms with Crippen LogP contribution in [0.4, 0.5) is 10.5 Å². The molecule has 2 aromatic carbocycles. The van der Waals surface area contributed by atoms with Crippen molar-refractivity contribution >= 4 is 11.7 Å². The molecule has 0 aliphatic carbocycles. The third-order valence-corrected chi connectivity index (χ3v) is 3.97. The summed E-state index contributed by atoms with van der Waals surface area (Å²) in [7, 11) is 1.59. The Morgan fingerprint density at radius 2 is 1.68 bits per heavy atom. The Balaban J connectivity index is 1.85. The molecule has 0 saturated heterocycles. The van der Waals surface area contributed by atoms with Crippen molar-refractivity contribution in [2.24, 2.45) is 0 Å². The fourth-order valence-electron chi connectivity index (χ4n) is 2.36. The summed E-state index contributed by atoms with van der Waals surface area (Å²) >= 11 is 0. The molecule has 0 saturated carbocycles. The predicted octanol–water partition coefficient (Wildman–Crippen LogP) is 3.85. The average molecular weight is 342 g/mol. The van der Waals surface area contributed by atoms with Crippen molar-refractivity contribution < 1.29 is 14.6 Å². The molecule has 25 heavy (non-hydrogen) atoms. The van der Waals surface area contributed by atoms with Gasteiger partial charge in [0.2, 0.25) is 0 Å². The van der Waals surface area contributed by atoms with Gasteiger partial charge in [-0.15, -0.1) is 0 Å². The number of hydrogen-bond donors (Lipinski definition) is 3. The van der Waals surface area contributed by atoms with Crippen LogP contribution in [0.25, 0.3) is 0 Å². The Morgan fingerprint density at radius 1 is 1.08 bits per heavy atom. The van der Waals surface area contributed by atoms with E-state index in [9.17, 15) is 9.90 Å². The molecule has 0 radical (unpaired) electrons. The van der Waals surface area contributed by atoms with Gasteiger partial charge in [-0.05, 0) is 40.8 Å². The average Bonchev–Trinajstić information content (AvgIpc) is 2.59. The molecule has 0 bridgehead atoms. The SMILES string of the molecule is COc1ccc([C@H](O)CNC(=O)Nc2ccc(C(C)(C)C)cc2)cc1. The van der Waals surface area contributed by atoms with Crippen molar-refractivity contribution in [3.05, 3.63) is 59.7 Å². The summed E-state index contributed by atoms with van der Waals surface area (Å²) in [5.74, 6) is 0.723. The predicted molar refractivity (Wildman–Crippen MR) is 100 cm³/mol. The molecule has 0 aromatic heterocycles. The molecule has 0 aliphatic rings. The van der Waals surface area contributed by atoms with E-state index in [0.29, 0.717) is 5.69 Å². The molecule has 5 heteroatoms. The van der Waals surface area contributed by atoms with Crippen molar-refractivity contribution in [1.82, 2.24) is 5.32 Å². The first kappa shape index (κ1) is 18.8. The number of methoxy groups -OCH3 is 1. The van der Waals surface area contributed by atoms with Gasteiger partial charge < -0.3 is 20.5 Å². The van der Waals surface area contributed by atoms with Gasteiger partial charge in [0.15, 0.2) is 0 Å². The van der Waals surface area contributed by atoms with Crippen molar-refractivity contribution in [1.29, 1.82) is 0 Å². The third kappa shape index (κ3) is 5.50. The van der Waals surface area contributed by atoms with E-state index in [4.69, 9.17) is 4.74 Å². The highest BCUT2D eigenvalue weighted by atomic mass is 16.5. The van der Waals surface area contributed by atoms with Crippen LogP contribution in [-0.4, -0.2) is 24.8 Å². The Kier molecular flexibility index (Phi) is 6.04. The van der Waals surface area contributed by atoms with E-state index in [1.807, 2.05) is 24.3 Å². The van der Waals surface area contributed by atoms with Crippen LogP contribution in [0.3, 0.4) is 0 Å². The van der Waals surface area contributed by atoms with E-state index in [0.717, 1.165) is 11.3 Å². The fraction of sp³-hybridized carbons (Fsp3) is 0.350. The first-order valence-electron chi connectivity index (χ1n) is 8.27. The maximum Gasteiger partial charge on any atom is 0.319 e. The summed E-state index contributed by atoms with van der Waals surface area (Å²) in [5.41, 5.74) is 2.71. The van der Waals surface area contributed by atoms with Crippen molar-refractivity contribution in [3.63, 3.8) is 0 Å². The lowest BCUT2D eigenvalue weighted by atomic mass is 9.87. The minimum absolute atomic E-state index is 0.0727. The van der Waals surface area contributed by atoms with Crippen molar-refractivity contribution in [3.8, 4) is 5.75 Å². The molecule has 0 spiro atoms. The maximum absolute atomic E-state index is 12.0. The number of carbonyl (C=O) groups is 1. The maximum atomic E-state index is 12.0. The van der Waals surface area contributed by atoms with Gasteiger partial charge in [-0.2, -0.15) is 0 Å². The fourth-order valence-corrected chi connectivity index (χ4v) is 2.36. The minimum Gasteiger partial charge on any atom is -0.497 e. The molecule has 3 N–H and O–H groups in total. The van der Waals surface area contributed by atoms with Gasteiger partial charge in [-0.3, -0.25) is 0 Å². The highest BCUT2D eigenvalue weighted by Crippen LogP contribution is 2.23. The van der Waals surface area contributed by atoms with Crippen LogP contribution in [-0.2, 0) is 5.41 Å². The molecule has 0 fully saturated rings. The van der Waals surface area contributed by atoms with Crippen LogP contribution in [0.15, 0.2) is 48.5 Å². The van der Waals surface area contributed by atoms with Gasteiger partial charge in [0, 0.05) is 12.2 Å². The zero-order valence-electron chi connectivity index (χ0n) is 15.2. The molecule has 2 rings (SSSR count). The number of benzene rings is 2. The topological polar surface area (TPSA) is 70.6 Å². The number of aliphatic hydroxyl groups excluding tert-OH is 1. The molecule has 0 unspecified atom stereocenters. The Morgan fingerprint density at radius 3 is 2.20 bits per heavy atom. The summed E-state index contributed by atoms with van der Waals surface area (Å²) in [4.78, 5) is 12.0. The van der Waals surface area contributed by atoms with Gasteiger partial charge in [0.1, 0.15) is 5.75 Å². The van der Waals surface area contributed by atoms with Crippen LogP contribution < -0.4 is 15.4 Å². The summed E-state index contributed by atoms with van der Waals surface area (Å²) < 4.78 is 5.08. The highest BCUT2D eigenvalue weighted by molar-refractivity contribution is 5.89. The number of ether oxygens (including phenoxy) is 1. The second kappa shape index (κ2) is 8.03. The monoisotopic (exact) mass is 342 g/mol. The number of aliphatic hydroxyl groups is 1. The van der Waals surface area contributed by atoms with E-state index < -0.39 is 6.10 Å². The number of hydrogen-bond acceptors (Lipinski definition) is 3. The van der Waals surface area contributed by atoms with Crippen LogP contribution in [0, 0.1) is 0 Å². The summed E-state index contributed by atoms with van der Waals surface area (Å²) in [6, 6.07) is 14.5. The number of urea groups is 1. The quantitative estimate of drug-likeness (QED) is 0.773. The second-order valence-electron chi connectivity index (χ2n) is 6.95. The first-order valence-corrected chi connectivity index (χ1v) is 8.27. The molecule has 134 valence electrons. The van der Waals surface area contributed by atoms with Gasteiger partial charge in [0.05, 0.1) is 13.2 Å². The Labute approximate surface area is 149 Å². The molecular formula is C20H26N2O3. The smallest absolute Gasteiger partial charge is 0.319 e. The zero-order valence-corrected chi connectivity index (χ0v) is 15.2. The van der Waals surface area contributed by atoms with E-state index in [1.165, 1.54) is 5.56 Å². The minimum atomic E-state index is -0.778. The van der Waals surface area contributed by atoms with Crippen LogP contribution in [0.2, 0.25) is 0 Å². The van der Waals surface area contributed by atoms with E-state index >= 15 is 0 Å². The van der Waals surface area contributed by atoms with E-state index in [-0.39, 0.29) is 18.0 Å². The summed E-state index contributed by atoms with van der Waals surface area (Å²) in [6.07, 6.45) is -0.778. The van der Waals surface area contributed by atoms with Gasteiger partial charge in [-0.25, -0.2) is 4.79 Å². The lowest BCUT2D eigenvalue weighted by Crippen LogP contribution is -2.32. The Hall–Kier alpha value is -2.53. The molecule has 1 atom stereocenters. The van der Waals surface area contributed by atoms with Gasteiger partial charge >= 0.3 is 6.03 Å². The molecule has 2 amide bonds. The normalized spacial score (nSPS) is 12.4. The number of anilines is 1. The molecule has 2 aromatic rings. The molecular weight excluding hydrogens is 316 g/mol. The van der Waals surface area contributed by atoms with Crippen LogP contribution >= 0.6 is 0 Å². The van der Waals surface area contributed by atoms with E-state index in [2.05, 4.69) is 31.4 Å². The Bertz CT molecular complexity index is 688. The second-order valence-corrected chi connectivity index (χ2v) is 6.95. The lowest BCUT2D eigenvalue weighted by molar-refractivity contribution is 0.175. The number of carbonyl (C=O) groups excluding carboxylic acids is 1. The standard InChI is InChI=1S/C20H26N2O3/c1-20(2,3)15-7-9-16(10-8-15)22-19(24)21-13-18(23)14-5-11-17(25-4)12-6-14/h5-12,18,23H,13H2,1-4H3,(H2,21,22,24)/t18-/m1/s1. The van der Waals surface area contributed by atoms with Crippen LogP contribution in [0.5, 0.6) is 5.75 Å². The van der Waals surface area contributed by atoms with Crippen molar-refractivity contribution in [2.75, 3.05) is 19.0 Å². The zero-order chi connectivity index (χ0) is 18.4. The largest absolute Gasteiger partial charge is 0.497 e. The molecule has 0 aliphatic heterocycles. The highest BCUT2D eigenvalue weighted by Gasteiger charge is 2.13. The third-order valence-electron chi connectivity index (χ3n) is 3.97. The molecule has 0 heterocycles.